The Hall–Kier alpha value is -1.83. The molecule has 2 rings (SSSR count). The predicted molar refractivity (Wildman–Crippen MR) is 75.7 cm³/mol. The Kier molecular flexibility index (Phi) is 4.36. The summed E-state index contributed by atoms with van der Waals surface area (Å²) in [6.07, 6.45) is -3.07. The molecule has 0 radical (unpaired) electrons. The number of rotatable bonds is 3. The summed E-state index contributed by atoms with van der Waals surface area (Å²) < 4.78 is 40.9. The van der Waals surface area contributed by atoms with E-state index in [1.165, 1.54) is 24.3 Å². The highest BCUT2D eigenvalue weighted by molar-refractivity contribution is 9.10. The summed E-state index contributed by atoms with van der Waals surface area (Å²) in [7, 11) is 1.72. The fraction of sp³-hybridized carbons (Fsp3) is 0.231. The van der Waals surface area contributed by atoms with Crippen LogP contribution in [0.5, 0.6) is 5.75 Å². The van der Waals surface area contributed by atoms with Gasteiger partial charge in [0.1, 0.15) is 5.75 Å². The van der Waals surface area contributed by atoms with Gasteiger partial charge in [-0.3, -0.25) is 0 Å². The van der Waals surface area contributed by atoms with E-state index in [1.54, 1.807) is 18.1 Å². The van der Waals surface area contributed by atoms with E-state index in [-0.39, 0.29) is 5.75 Å². The molecule has 112 valence electrons. The molecule has 0 aliphatic carbocycles. The molecule has 0 saturated carbocycles. The van der Waals surface area contributed by atoms with E-state index in [9.17, 15) is 13.2 Å². The maximum absolute atomic E-state index is 12.1. The molecule has 0 bridgehead atoms. The van der Waals surface area contributed by atoms with Gasteiger partial charge >= 0.3 is 6.36 Å². The Labute approximate surface area is 127 Å². The van der Waals surface area contributed by atoms with Gasteiger partial charge in [0.2, 0.25) is 5.95 Å². The third kappa shape index (κ3) is 4.07. The van der Waals surface area contributed by atoms with Crippen LogP contribution in [0.1, 0.15) is 5.69 Å². The van der Waals surface area contributed by atoms with Crippen molar-refractivity contribution < 1.29 is 17.9 Å². The summed E-state index contributed by atoms with van der Waals surface area (Å²) in [4.78, 5) is 10.1. The molecule has 0 aliphatic rings. The van der Waals surface area contributed by atoms with Gasteiger partial charge in [-0.2, -0.15) is 0 Å². The molecule has 0 amide bonds. The lowest BCUT2D eigenvalue weighted by Gasteiger charge is -2.18. The van der Waals surface area contributed by atoms with Crippen molar-refractivity contribution in [2.45, 2.75) is 13.3 Å². The first-order valence-corrected chi connectivity index (χ1v) is 6.64. The van der Waals surface area contributed by atoms with E-state index < -0.39 is 6.36 Å². The van der Waals surface area contributed by atoms with Crippen LogP contribution in [0.15, 0.2) is 34.9 Å². The number of nitrogens with zero attached hydrogens (tertiary/aromatic N) is 3. The number of halogens is 4. The van der Waals surface area contributed by atoms with Crippen LogP contribution in [0.2, 0.25) is 0 Å². The van der Waals surface area contributed by atoms with Crippen LogP contribution in [0, 0.1) is 6.92 Å². The fourth-order valence-corrected chi connectivity index (χ4v) is 1.78. The lowest BCUT2D eigenvalue weighted by Crippen LogP contribution is -2.17. The SMILES string of the molecule is Cc1nc(N(C)c2ccc(OC(F)(F)F)cc2)ncc1Br. The first kappa shape index (κ1) is 15.6. The van der Waals surface area contributed by atoms with Crippen LogP contribution in [-0.2, 0) is 0 Å². The van der Waals surface area contributed by atoms with Crippen molar-refractivity contribution in [3.8, 4) is 5.75 Å². The summed E-state index contributed by atoms with van der Waals surface area (Å²) in [6, 6.07) is 5.49. The molecule has 1 heterocycles. The Bertz CT molecular complexity index is 632. The number of anilines is 2. The molecule has 0 N–H and O–H groups in total. The zero-order valence-corrected chi connectivity index (χ0v) is 12.7. The molecule has 1 aromatic heterocycles. The Morgan fingerprint density at radius 3 is 2.33 bits per heavy atom. The van der Waals surface area contributed by atoms with Gasteiger partial charge in [-0.15, -0.1) is 13.2 Å². The number of benzene rings is 1. The molecule has 0 aliphatic heterocycles. The number of alkyl halides is 3. The zero-order chi connectivity index (χ0) is 15.6. The molecule has 0 spiro atoms. The minimum absolute atomic E-state index is 0.271. The maximum atomic E-state index is 12.1. The second-order valence-corrected chi connectivity index (χ2v) is 5.06. The van der Waals surface area contributed by atoms with Gasteiger partial charge in [0.25, 0.3) is 0 Å². The molecule has 2 aromatic rings. The van der Waals surface area contributed by atoms with Crippen LogP contribution in [0.4, 0.5) is 24.8 Å². The van der Waals surface area contributed by atoms with Crippen molar-refractivity contribution in [3.05, 3.63) is 40.6 Å². The fourth-order valence-electron chi connectivity index (χ4n) is 1.59. The summed E-state index contributed by atoms with van der Waals surface area (Å²) in [5, 5.41) is 0. The monoisotopic (exact) mass is 361 g/mol. The largest absolute Gasteiger partial charge is 0.573 e. The van der Waals surface area contributed by atoms with Gasteiger partial charge in [-0.25, -0.2) is 9.97 Å². The number of aromatic nitrogens is 2. The predicted octanol–water partition coefficient (Wildman–Crippen LogP) is 4.21. The van der Waals surface area contributed by atoms with Gasteiger partial charge in [0.15, 0.2) is 0 Å². The van der Waals surface area contributed by atoms with Gasteiger partial charge in [-0.05, 0) is 47.1 Å². The molecular formula is C13H11BrF3N3O. The average molecular weight is 362 g/mol. The lowest BCUT2D eigenvalue weighted by atomic mass is 10.3. The number of ether oxygens (including phenoxy) is 1. The number of aryl methyl sites for hydroxylation is 1. The van der Waals surface area contributed by atoms with Crippen LogP contribution in [0.25, 0.3) is 0 Å². The molecule has 1 aromatic carbocycles. The van der Waals surface area contributed by atoms with Crippen LogP contribution in [-0.4, -0.2) is 23.4 Å². The van der Waals surface area contributed by atoms with Crippen molar-refractivity contribution in [3.63, 3.8) is 0 Å². The molecule has 0 unspecified atom stereocenters. The Balaban J connectivity index is 2.19. The normalized spacial score (nSPS) is 11.3. The Morgan fingerprint density at radius 1 is 1.19 bits per heavy atom. The van der Waals surface area contributed by atoms with E-state index in [1.807, 2.05) is 6.92 Å². The van der Waals surface area contributed by atoms with Gasteiger partial charge in [-0.1, -0.05) is 0 Å². The first-order valence-electron chi connectivity index (χ1n) is 5.85. The van der Waals surface area contributed by atoms with Crippen molar-refractivity contribution in [1.82, 2.24) is 9.97 Å². The van der Waals surface area contributed by atoms with Crippen LogP contribution < -0.4 is 9.64 Å². The van der Waals surface area contributed by atoms with Crippen molar-refractivity contribution in [2.75, 3.05) is 11.9 Å². The smallest absolute Gasteiger partial charge is 0.406 e. The summed E-state index contributed by atoms with van der Waals surface area (Å²) in [5.41, 5.74) is 1.41. The molecule has 0 saturated heterocycles. The van der Waals surface area contributed by atoms with Crippen LogP contribution in [0.3, 0.4) is 0 Å². The minimum atomic E-state index is -4.70. The molecular weight excluding hydrogens is 351 g/mol. The topological polar surface area (TPSA) is 38.2 Å². The molecule has 0 atom stereocenters. The van der Waals surface area contributed by atoms with Gasteiger partial charge in [0, 0.05) is 18.9 Å². The first-order chi connectivity index (χ1) is 9.76. The van der Waals surface area contributed by atoms with Crippen molar-refractivity contribution in [1.29, 1.82) is 0 Å². The van der Waals surface area contributed by atoms with E-state index in [0.717, 1.165) is 10.2 Å². The zero-order valence-electron chi connectivity index (χ0n) is 11.1. The van der Waals surface area contributed by atoms with Crippen LogP contribution >= 0.6 is 15.9 Å². The maximum Gasteiger partial charge on any atom is 0.573 e. The second kappa shape index (κ2) is 5.88. The standard InChI is InChI=1S/C13H11BrF3N3O/c1-8-11(14)7-18-12(19-8)20(2)9-3-5-10(6-4-9)21-13(15,16)17/h3-7H,1-2H3. The van der Waals surface area contributed by atoms with Gasteiger partial charge < -0.3 is 9.64 Å². The summed E-state index contributed by atoms with van der Waals surface area (Å²) >= 11 is 3.31. The third-order valence-corrected chi connectivity index (χ3v) is 3.44. The molecule has 4 nitrogen and oxygen atoms in total. The third-order valence-electron chi connectivity index (χ3n) is 2.66. The highest BCUT2D eigenvalue weighted by Crippen LogP contribution is 2.27. The van der Waals surface area contributed by atoms with E-state index in [4.69, 9.17) is 0 Å². The second-order valence-electron chi connectivity index (χ2n) is 4.20. The molecule has 21 heavy (non-hydrogen) atoms. The quantitative estimate of drug-likeness (QED) is 0.820. The summed E-state index contributed by atoms with van der Waals surface area (Å²) in [5.74, 6) is 0.174. The van der Waals surface area contributed by atoms with Crippen molar-refractivity contribution in [2.24, 2.45) is 0 Å². The van der Waals surface area contributed by atoms with E-state index in [0.29, 0.717) is 11.6 Å². The van der Waals surface area contributed by atoms with E-state index >= 15 is 0 Å². The van der Waals surface area contributed by atoms with E-state index in [2.05, 4.69) is 30.6 Å². The Morgan fingerprint density at radius 2 is 1.81 bits per heavy atom. The molecule has 0 fully saturated rings. The van der Waals surface area contributed by atoms with Gasteiger partial charge in [0.05, 0.1) is 10.2 Å². The average Bonchev–Trinajstić information content (AvgIpc) is 2.40. The highest BCUT2D eigenvalue weighted by atomic mass is 79.9. The number of hydrogen-bond donors (Lipinski definition) is 0. The number of hydrogen-bond acceptors (Lipinski definition) is 4. The van der Waals surface area contributed by atoms with Crippen molar-refractivity contribution >= 4 is 27.6 Å². The molecule has 8 heteroatoms. The summed E-state index contributed by atoms with van der Waals surface area (Å²) in [6.45, 7) is 1.82. The minimum Gasteiger partial charge on any atom is -0.406 e. The lowest BCUT2D eigenvalue weighted by molar-refractivity contribution is -0.274. The highest BCUT2D eigenvalue weighted by Gasteiger charge is 2.31.